The molecule has 1 aromatic carbocycles. The zero-order valence-electron chi connectivity index (χ0n) is 9.45. The number of hydrogen-bond acceptors (Lipinski definition) is 3. The Hall–Kier alpha value is -1.56. The minimum absolute atomic E-state index is 0.131. The molecule has 0 saturated heterocycles. The van der Waals surface area contributed by atoms with E-state index in [-0.39, 0.29) is 11.5 Å². The van der Waals surface area contributed by atoms with Crippen molar-refractivity contribution in [3.63, 3.8) is 0 Å². The number of amides is 2. The fourth-order valence-corrected chi connectivity index (χ4v) is 1.45. The van der Waals surface area contributed by atoms with Crippen LogP contribution in [0.4, 0.5) is 4.39 Å². The molecule has 4 nitrogen and oxygen atoms in total. The minimum atomic E-state index is -0.726. The first-order valence-electron chi connectivity index (χ1n) is 4.96. The number of thiol groups is 1. The maximum absolute atomic E-state index is 13.4. The number of carbonyl (C=O) groups excluding carboxylic acids is 2. The molecule has 17 heavy (non-hydrogen) atoms. The summed E-state index contributed by atoms with van der Waals surface area (Å²) in [6.07, 6.45) is 0. The third-order valence-corrected chi connectivity index (χ3v) is 2.46. The summed E-state index contributed by atoms with van der Waals surface area (Å²) >= 11 is 4.02. The van der Waals surface area contributed by atoms with Crippen LogP contribution in [0, 0.1) is 5.82 Å². The molecule has 0 bridgehead atoms. The SMILES string of the molecule is CNC(=O)C(C)NC(=O)c1cc(S)ccc1F. The fourth-order valence-electron chi connectivity index (χ4n) is 1.24. The van der Waals surface area contributed by atoms with Crippen molar-refractivity contribution in [3.05, 3.63) is 29.6 Å². The van der Waals surface area contributed by atoms with Gasteiger partial charge in [0.2, 0.25) is 5.91 Å². The van der Waals surface area contributed by atoms with Crippen molar-refractivity contribution in [2.24, 2.45) is 0 Å². The second-order valence-electron chi connectivity index (χ2n) is 3.47. The maximum atomic E-state index is 13.4. The molecule has 2 N–H and O–H groups in total. The summed E-state index contributed by atoms with van der Waals surface area (Å²) in [5, 5.41) is 4.78. The Kier molecular flexibility index (Phi) is 4.51. The van der Waals surface area contributed by atoms with Crippen LogP contribution in [0.25, 0.3) is 0 Å². The quantitative estimate of drug-likeness (QED) is 0.706. The molecule has 92 valence electrons. The standard InChI is InChI=1S/C11H13FN2O2S/c1-6(10(15)13-2)14-11(16)8-5-7(17)3-4-9(8)12/h3-6,17H,1-2H3,(H,13,15)(H,14,16). The maximum Gasteiger partial charge on any atom is 0.254 e. The highest BCUT2D eigenvalue weighted by Crippen LogP contribution is 2.13. The van der Waals surface area contributed by atoms with E-state index in [0.29, 0.717) is 4.90 Å². The fraction of sp³-hybridized carbons (Fsp3) is 0.273. The minimum Gasteiger partial charge on any atom is -0.357 e. The van der Waals surface area contributed by atoms with Gasteiger partial charge in [0.25, 0.3) is 5.91 Å². The Labute approximate surface area is 104 Å². The van der Waals surface area contributed by atoms with E-state index in [4.69, 9.17) is 0 Å². The molecule has 0 fully saturated rings. The molecule has 0 aliphatic heterocycles. The molecule has 1 rings (SSSR count). The monoisotopic (exact) mass is 256 g/mol. The van der Waals surface area contributed by atoms with Crippen LogP contribution in [0.1, 0.15) is 17.3 Å². The molecule has 0 radical (unpaired) electrons. The van der Waals surface area contributed by atoms with Crippen LogP contribution >= 0.6 is 12.6 Å². The normalized spacial score (nSPS) is 11.8. The van der Waals surface area contributed by atoms with Crippen molar-refractivity contribution in [3.8, 4) is 0 Å². The Bertz CT molecular complexity index is 451. The molecular weight excluding hydrogens is 243 g/mol. The lowest BCUT2D eigenvalue weighted by molar-refractivity contribution is -0.122. The molecule has 0 aliphatic carbocycles. The Balaban J connectivity index is 2.83. The first-order valence-corrected chi connectivity index (χ1v) is 5.41. The number of likely N-dealkylation sites (N-methyl/N-ethyl adjacent to an activating group) is 1. The van der Waals surface area contributed by atoms with Gasteiger partial charge in [-0.25, -0.2) is 4.39 Å². The highest BCUT2D eigenvalue weighted by atomic mass is 32.1. The zero-order valence-corrected chi connectivity index (χ0v) is 10.3. The second-order valence-corrected chi connectivity index (χ2v) is 3.99. The molecule has 2 amide bonds. The van der Waals surface area contributed by atoms with E-state index in [1.165, 1.54) is 26.1 Å². The highest BCUT2D eigenvalue weighted by Gasteiger charge is 2.17. The van der Waals surface area contributed by atoms with Crippen LogP contribution in [0.15, 0.2) is 23.1 Å². The first-order chi connectivity index (χ1) is 7.95. The van der Waals surface area contributed by atoms with Gasteiger partial charge in [0, 0.05) is 11.9 Å². The van der Waals surface area contributed by atoms with Gasteiger partial charge < -0.3 is 10.6 Å². The Morgan fingerprint density at radius 1 is 1.41 bits per heavy atom. The number of carbonyl (C=O) groups is 2. The lowest BCUT2D eigenvalue weighted by atomic mass is 10.2. The van der Waals surface area contributed by atoms with Crippen LogP contribution in [0.2, 0.25) is 0 Å². The van der Waals surface area contributed by atoms with E-state index >= 15 is 0 Å². The predicted octanol–water partition coefficient (Wildman–Crippen LogP) is 0.979. The average Bonchev–Trinajstić information content (AvgIpc) is 2.30. The van der Waals surface area contributed by atoms with Crippen LogP contribution in [0.3, 0.4) is 0 Å². The Morgan fingerprint density at radius 2 is 2.06 bits per heavy atom. The summed E-state index contributed by atoms with van der Waals surface area (Å²) in [7, 11) is 1.46. The molecule has 1 unspecified atom stereocenters. The summed E-state index contributed by atoms with van der Waals surface area (Å²) in [5.74, 6) is -1.64. The van der Waals surface area contributed by atoms with Crippen molar-refractivity contribution >= 4 is 24.4 Å². The van der Waals surface area contributed by atoms with Crippen molar-refractivity contribution in [1.29, 1.82) is 0 Å². The number of nitrogens with one attached hydrogen (secondary N) is 2. The first kappa shape index (κ1) is 13.5. The van der Waals surface area contributed by atoms with E-state index in [0.717, 1.165) is 6.07 Å². The van der Waals surface area contributed by atoms with Crippen LogP contribution in [-0.4, -0.2) is 24.9 Å². The van der Waals surface area contributed by atoms with E-state index in [2.05, 4.69) is 23.3 Å². The summed E-state index contributed by atoms with van der Waals surface area (Å²) in [4.78, 5) is 23.4. The van der Waals surface area contributed by atoms with Gasteiger partial charge in [-0.2, -0.15) is 0 Å². The van der Waals surface area contributed by atoms with Gasteiger partial charge in [0.15, 0.2) is 0 Å². The van der Waals surface area contributed by atoms with Gasteiger partial charge in [0.05, 0.1) is 5.56 Å². The van der Waals surface area contributed by atoms with Gasteiger partial charge >= 0.3 is 0 Å². The topological polar surface area (TPSA) is 58.2 Å². The molecule has 1 atom stereocenters. The summed E-state index contributed by atoms with van der Waals surface area (Å²) in [6, 6.07) is 3.18. The van der Waals surface area contributed by atoms with E-state index < -0.39 is 17.8 Å². The zero-order chi connectivity index (χ0) is 13.0. The third kappa shape index (κ3) is 3.45. The molecule has 0 saturated carbocycles. The van der Waals surface area contributed by atoms with Gasteiger partial charge in [-0.3, -0.25) is 9.59 Å². The smallest absolute Gasteiger partial charge is 0.254 e. The van der Waals surface area contributed by atoms with Gasteiger partial charge in [-0.15, -0.1) is 12.6 Å². The largest absolute Gasteiger partial charge is 0.357 e. The van der Waals surface area contributed by atoms with Gasteiger partial charge in [-0.1, -0.05) is 0 Å². The van der Waals surface area contributed by atoms with Crippen molar-refractivity contribution in [2.45, 2.75) is 17.9 Å². The number of halogens is 1. The lowest BCUT2D eigenvalue weighted by Gasteiger charge is -2.12. The third-order valence-electron chi connectivity index (χ3n) is 2.18. The van der Waals surface area contributed by atoms with Gasteiger partial charge in [0.1, 0.15) is 11.9 Å². The van der Waals surface area contributed by atoms with E-state index in [1.807, 2.05) is 0 Å². The average molecular weight is 256 g/mol. The van der Waals surface area contributed by atoms with Crippen molar-refractivity contribution < 1.29 is 14.0 Å². The van der Waals surface area contributed by atoms with E-state index in [9.17, 15) is 14.0 Å². The predicted molar refractivity (Wildman–Crippen MR) is 64.6 cm³/mol. The molecule has 0 aromatic heterocycles. The van der Waals surface area contributed by atoms with Crippen LogP contribution in [0.5, 0.6) is 0 Å². The van der Waals surface area contributed by atoms with Crippen molar-refractivity contribution in [1.82, 2.24) is 10.6 Å². The molecule has 0 spiro atoms. The highest BCUT2D eigenvalue weighted by molar-refractivity contribution is 7.80. The summed E-state index contributed by atoms with van der Waals surface area (Å²) in [6.45, 7) is 1.51. The molecule has 0 heterocycles. The number of hydrogen-bond donors (Lipinski definition) is 3. The Morgan fingerprint density at radius 3 is 2.65 bits per heavy atom. The molecule has 6 heteroatoms. The molecular formula is C11H13FN2O2S. The molecule has 1 aromatic rings. The number of rotatable bonds is 3. The molecule has 0 aliphatic rings. The van der Waals surface area contributed by atoms with E-state index in [1.54, 1.807) is 0 Å². The lowest BCUT2D eigenvalue weighted by Crippen LogP contribution is -2.43. The summed E-state index contributed by atoms with van der Waals surface area (Å²) < 4.78 is 13.4. The second kappa shape index (κ2) is 5.67. The van der Waals surface area contributed by atoms with Crippen LogP contribution in [-0.2, 0) is 4.79 Å². The van der Waals surface area contributed by atoms with Crippen LogP contribution < -0.4 is 10.6 Å². The summed E-state index contributed by atoms with van der Waals surface area (Å²) in [5.41, 5.74) is -0.131. The van der Waals surface area contributed by atoms with Crippen molar-refractivity contribution in [2.75, 3.05) is 7.05 Å². The number of benzene rings is 1. The van der Waals surface area contributed by atoms with Gasteiger partial charge in [-0.05, 0) is 25.1 Å².